The van der Waals surface area contributed by atoms with E-state index in [-0.39, 0.29) is 71.1 Å². The molecule has 4 aliphatic rings. The van der Waals surface area contributed by atoms with Crippen molar-refractivity contribution in [1.29, 1.82) is 0 Å². The smallest absolute Gasteiger partial charge is 0 e. The third-order valence-corrected chi connectivity index (χ3v) is 10.8. The number of nitroso groups, excluding NO2 is 2. The molecule has 4 heterocycles. The summed E-state index contributed by atoms with van der Waals surface area (Å²) in [7, 11) is 0. The maximum atomic E-state index is 11.7. The van der Waals surface area contributed by atoms with E-state index >= 15 is 0 Å². The molecule has 0 radical (unpaired) electrons. The maximum Gasteiger partial charge on any atom is 0 e. The summed E-state index contributed by atoms with van der Waals surface area (Å²) in [6.45, 7) is 33.0. The predicted octanol–water partition coefficient (Wildman–Crippen LogP) is 10.3. The van der Waals surface area contributed by atoms with Gasteiger partial charge in [0.2, 0.25) is 22.2 Å². The minimum atomic E-state index is -0.151. The Bertz CT molecular complexity index is 909. The standard InChI is InChI=1S/2C9H19NO.2C9H18NO.2I3.I2.HI.2H2/c4*1-8(2)6-5-7-9(3,4)10(8)11;2*1-3-2;1-2;;;/h2*11H,5-7H2,1-4H3;2*5-7H2,1-4H3;;;;3*1H/q;;2*+1;2*-1;;;;. The van der Waals surface area contributed by atoms with Crippen LogP contribution in [0.3, 0.4) is 0 Å². The molecule has 0 aromatic heterocycles. The quantitative estimate of drug-likeness (QED) is 0.186. The number of rotatable bonds is 0. The number of nitrogens with zero attached hydrogens (tertiary/aromatic N) is 4. The molecule has 53 heavy (non-hydrogen) atoms. The van der Waals surface area contributed by atoms with Crippen LogP contribution in [0.4, 0.5) is 0 Å². The van der Waals surface area contributed by atoms with Gasteiger partial charge in [-0.1, -0.05) is 0 Å². The molecule has 0 atom stereocenters. The summed E-state index contributed by atoms with van der Waals surface area (Å²) in [6, 6.07) is 0. The second kappa shape index (κ2) is 29.1. The first-order valence-electron chi connectivity index (χ1n) is 18.1. The Labute approximate surface area is 429 Å². The van der Waals surface area contributed by atoms with Crippen LogP contribution in [-0.4, -0.2) is 74.4 Å². The molecule has 0 spiro atoms. The van der Waals surface area contributed by atoms with Gasteiger partial charge < -0.3 is 10.4 Å². The van der Waals surface area contributed by atoms with E-state index in [2.05, 4.69) is 167 Å². The molecule has 8 nitrogen and oxygen atoms in total. The molecule has 4 saturated heterocycles. The Morgan fingerprint density at radius 3 is 0.679 bits per heavy atom. The van der Waals surface area contributed by atoms with Gasteiger partial charge in [-0.2, -0.15) is 10.1 Å². The van der Waals surface area contributed by atoms with Crippen LogP contribution in [0.25, 0.3) is 0 Å². The van der Waals surface area contributed by atoms with E-state index in [0.29, 0.717) is 26.5 Å². The van der Waals surface area contributed by atoms with Crippen LogP contribution in [0, 0.1) is 9.81 Å². The fourth-order valence-corrected chi connectivity index (χ4v) is 7.92. The normalized spacial score (nSPS) is 25.4. The van der Waals surface area contributed by atoms with Crippen molar-refractivity contribution in [3.8, 4) is 0 Å². The van der Waals surface area contributed by atoms with E-state index in [9.17, 15) is 20.2 Å². The van der Waals surface area contributed by atoms with Crippen LogP contribution in [0.1, 0.15) is 191 Å². The fraction of sp³-hybridized carbons (Fsp3) is 1.00. The Morgan fingerprint density at radius 2 is 0.566 bits per heavy atom. The van der Waals surface area contributed by atoms with Gasteiger partial charge in [-0.3, -0.25) is 0 Å². The van der Waals surface area contributed by atoms with Gasteiger partial charge in [0.25, 0.3) is 0 Å². The van der Waals surface area contributed by atoms with Crippen molar-refractivity contribution in [2.45, 2.75) is 232 Å². The first-order chi connectivity index (χ1) is 23.3. The monoisotopic (exact) mass is 1770 g/mol. The number of halogens is 9. The Hall–Kier alpha value is 5.61. The zero-order chi connectivity index (χ0) is 42.2. The fourth-order valence-electron chi connectivity index (χ4n) is 7.92. The molecule has 4 fully saturated rings. The summed E-state index contributed by atoms with van der Waals surface area (Å²) in [5.41, 5.74) is -0.764. The number of hydrogen-bond donors (Lipinski definition) is 2. The second-order valence-electron chi connectivity index (χ2n) is 19.2. The molecule has 17 heteroatoms. The van der Waals surface area contributed by atoms with Crippen molar-refractivity contribution < 1.29 is 49.3 Å². The number of hydrogen-bond acceptors (Lipinski definition) is 6. The average Bonchev–Trinajstić information content (AvgIpc) is 2.99. The zero-order valence-corrected chi connectivity index (χ0v) is 55.0. The Kier molecular flexibility index (Phi) is 35.9. The van der Waals surface area contributed by atoms with Gasteiger partial charge in [0.1, 0.15) is 0 Å². The van der Waals surface area contributed by atoms with Crippen molar-refractivity contribution in [2.75, 3.05) is 0 Å². The summed E-state index contributed by atoms with van der Waals surface area (Å²) >= 11 is 14.8. The van der Waals surface area contributed by atoms with Crippen LogP contribution in [0.2, 0.25) is 0 Å². The summed E-state index contributed by atoms with van der Waals surface area (Å²) in [5, 5.41) is 22.6. The molecule has 4 aliphatic heterocycles. The van der Waals surface area contributed by atoms with Gasteiger partial charge >= 0.3 is 101 Å². The van der Waals surface area contributed by atoms with Crippen molar-refractivity contribution in [2.24, 2.45) is 0 Å². The summed E-state index contributed by atoms with van der Waals surface area (Å²) in [6.07, 6.45) is 13.3. The predicted molar refractivity (Wildman–Crippen MR) is 286 cm³/mol. The minimum absolute atomic E-state index is 0. The first-order valence-corrected chi connectivity index (χ1v) is 49.5. The maximum absolute atomic E-state index is 11.7. The zero-order valence-electron chi connectivity index (χ0n) is 35.4. The summed E-state index contributed by atoms with van der Waals surface area (Å²) in [4.78, 5) is 23.4. The minimum Gasteiger partial charge on any atom is 0 e. The van der Waals surface area contributed by atoms with Gasteiger partial charge in [0.05, 0.1) is 0 Å². The van der Waals surface area contributed by atoms with Crippen LogP contribution >= 0.6 is 136 Å². The van der Waals surface area contributed by atoms with Crippen LogP contribution in [0.5, 0.6) is 0 Å². The van der Waals surface area contributed by atoms with Gasteiger partial charge in [-0.05, 0) is 107 Å². The molecule has 0 unspecified atom stereocenters. The SMILES string of the molecule is CC1(C)CCCC(C)(C)N1O.CC1(C)CCCC(C)(C)N1O.CC1(C)CCCC(C)(C)[N+]1=O.CC1(C)CCCC(C)(C)[N+]1=O.I.II.I[I-]I.I[I-]I.[HH].[HH]. The third-order valence-electron chi connectivity index (χ3n) is 10.8. The van der Waals surface area contributed by atoms with Crippen LogP contribution < -0.4 is 26.5 Å². The number of hydroxylamine groups is 4. The third kappa shape index (κ3) is 24.3. The summed E-state index contributed by atoms with van der Waals surface area (Å²) in [5.74, 6) is 0. The topological polar surface area (TPSA) is 87.1 Å². The van der Waals surface area contributed by atoms with Gasteiger partial charge in [-0.15, -0.1) is 24.0 Å². The van der Waals surface area contributed by atoms with Gasteiger partial charge in [0.15, 0.2) is 0 Å². The molecular formula is C36H79I9N4O4. The molecule has 0 amide bonds. The summed E-state index contributed by atoms with van der Waals surface area (Å²) < 4.78 is 2.53. The average molecular weight is 1770 g/mol. The molecule has 4 rings (SSSR count). The van der Waals surface area contributed by atoms with Crippen LogP contribution in [-0.2, 0) is 0 Å². The molecule has 0 aliphatic carbocycles. The van der Waals surface area contributed by atoms with E-state index in [1.54, 1.807) is 0 Å². The van der Waals surface area contributed by atoms with E-state index in [1.807, 2.05) is 55.4 Å². The van der Waals surface area contributed by atoms with Crippen molar-refractivity contribution in [1.82, 2.24) is 10.1 Å². The van der Waals surface area contributed by atoms with Crippen molar-refractivity contribution in [3.05, 3.63) is 9.81 Å². The van der Waals surface area contributed by atoms with E-state index < -0.39 is 0 Å². The number of piperidine rings is 4. The first kappa shape index (κ1) is 65.2. The Morgan fingerprint density at radius 1 is 0.434 bits per heavy atom. The van der Waals surface area contributed by atoms with E-state index in [0.717, 1.165) is 51.4 Å². The van der Waals surface area contributed by atoms with E-state index in [4.69, 9.17) is 0 Å². The second-order valence-corrected chi connectivity index (χ2v) is 51.7. The molecule has 0 saturated carbocycles. The molecule has 0 bridgehead atoms. The molecule has 2 N–H and O–H groups in total. The van der Waals surface area contributed by atoms with Crippen LogP contribution in [0.15, 0.2) is 0 Å². The van der Waals surface area contributed by atoms with Crippen molar-refractivity contribution >= 4 is 136 Å². The van der Waals surface area contributed by atoms with E-state index in [1.165, 1.54) is 45.3 Å². The largest absolute Gasteiger partial charge is 0 e. The van der Waals surface area contributed by atoms with Gasteiger partial charge in [0, 0.05) is 163 Å². The van der Waals surface area contributed by atoms with Gasteiger partial charge in [-0.25, -0.2) is 0 Å². The molecule has 0 aromatic carbocycles. The molecule has 330 valence electrons. The Balaban J connectivity index is -0.000000134. The van der Waals surface area contributed by atoms with Crippen molar-refractivity contribution in [3.63, 3.8) is 0 Å². The molecule has 0 aromatic rings. The molecular weight excluding hydrogens is 1690 g/mol.